The van der Waals surface area contributed by atoms with E-state index in [0.717, 1.165) is 6.92 Å². The largest absolute Gasteiger partial charge is 0.479 e. The van der Waals surface area contributed by atoms with Gasteiger partial charge in [-0.1, -0.05) is 18.2 Å². The second-order valence-corrected chi connectivity index (χ2v) is 5.64. The minimum absolute atomic E-state index is 0.00322. The van der Waals surface area contributed by atoms with Gasteiger partial charge in [-0.2, -0.15) is 0 Å². The quantitative estimate of drug-likeness (QED) is 0.794. The third-order valence-electron chi connectivity index (χ3n) is 2.03. The Morgan fingerprint density at radius 3 is 2.25 bits per heavy atom. The summed E-state index contributed by atoms with van der Waals surface area (Å²) in [5.74, 6) is -2.41. The molecule has 0 fully saturated rings. The number of carboxylic acid groups (broad SMARTS) is 1. The molecule has 0 radical (unpaired) electrons. The molecule has 0 amide bonds. The normalized spacial score (nSPS) is 15.4. The molecule has 0 aliphatic rings. The van der Waals surface area contributed by atoms with Crippen LogP contribution in [0, 0.1) is 0 Å². The van der Waals surface area contributed by atoms with Crippen LogP contribution < -0.4 is 0 Å². The van der Waals surface area contributed by atoms with Crippen molar-refractivity contribution in [2.75, 3.05) is 5.75 Å². The lowest BCUT2D eigenvalue weighted by Gasteiger charge is -2.17. The summed E-state index contributed by atoms with van der Waals surface area (Å²) in [4.78, 5) is 10.6. The Bertz CT molecular complexity index is 475. The first-order valence-corrected chi connectivity index (χ1v) is 6.14. The molecule has 0 aliphatic carbocycles. The molecule has 0 saturated carbocycles. The lowest BCUT2D eigenvalue weighted by molar-refractivity contribution is -0.154. The molecule has 1 atom stereocenters. The predicted molar refractivity (Wildman–Crippen MR) is 56.8 cm³/mol. The van der Waals surface area contributed by atoms with E-state index in [4.69, 9.17) is 5.11 Å². The number of sulfone groups is 1. The Hall–Kier alpha value is -1.40. The van der Waals surface area contributed by atoms with E-state index in [1.54, 1.807) is 6.07 Å². The van der Waals surface area contributed by atoms with Gasteiger partial charge in [-0.25, -0.2) is 13.2 Å². The lowest BCUT2D eigenvalue weighted by Crippen LogP contribution is -2.41. The van der Waals surface area contributed by atoms with Gasteiger partial charge in [0.15, 0.2) is 15.4 Å². The van der Waals surface area contributed by atoms with Crippen molar-refractivity contribution in [3.63, 3.8) is 0 Å². The first-order chi connectivity index (χ1) is 7.26. The topological polar surface area (TPSA) is 91.7 Å². The summed E-state index contributed by atoms with van der Waals surface area (Å²) in [6.45, 7) is 0.954. The highest BCUT2D eigenvalue weighted by Gasteiger charge is 2.36. The zero-order chi connectivity index (χ0) is 12.4. The van der Waals surface area contributed by atoms with E-state index in [9.17, 15) is 18.3 Å². The molecule has 0 heterocycles. The van der Waals surface area contributed by atoms with E-state index >= 15 is 0 Å². The van der Waals surface area contributed by atoms with Gasteiger partial charge in [0, 0.05) is 0 Å². The number of aliphatic hydroxyl groups is 1. The molecular weight excluding hydrogens is 232 g/mol. The zero-order valence-electron chi connectivity index (χ0n) is 8.62. The molecule has 0 saturated heterocycles. The number of hydrogen-bond acceptors (Lipinski definition) is 4. The maximum atomic E-state index is 11.7. The monoisotopic (exact) mass is 244 g/mol. The summed E-state index contributed by atoms with van der Waals surface area (Å²) in [5, 5.41) is 18.0. The Labute approximate surface area is 93.3 Å². The minimum atomic E-state index is -3.79. The van der Waals surface area contributed by atoms with E-state index in [2.05, 4.69) is 0 Å². The van der Waals surface area contributed by atoms with Crippen LogP contribution in [0.1, 0.15) is 6.92 Å². The highest BCUT2D eigenvalue weighted by molar-refractivity contribution is 7.91. The summed E-state index contributed by atoms with van der Waals surface area (Å²) in [6.07, 6.45) is 0. The molecule has 1 aromatic carbocycles. The van der Waals surface area contributed by atoms with E-state index in [1.807, 2.05) is 0 Å². The standard InChI is InChI=1S/C10H12O5S/c1-10(13,9(11)12)7-16(14,15)8-5-3-2-4-6-8/h2-6,13H,7H2,1H3,(H,11,12). The maximum Gasteiger partial charge on any atom is 0.336 e. The van der Waals surface area contributed by atoms with Gasteiger partial charge < -0.3 is 10.2 Å². The van der Waals surface area contributed by atoms with Gasteiger partial charge in [-0.3, -0.25) is 0 Å². The Morgan fingerprint density at radius 1 is 1.31 bits per heavy atom. The molecule has 16 heavy (non-hydrogen) atoms. The fraction of sp³-hybridized carbons (Fsp3) is 0.300. The summed E-state index contributed by atoms with van der Waals surface area (Å²) in [7, 11) is -3.79. The smallest absolute Gasteiger partial charge is 0.336 e. The van der Waals surface area contributed by atoms with Gasteiger partial charge in [-0.15, -0.1) is 0 Å². The zero-order valence-corrected chi connectivity index (χ0v) is 9.44. The van der Waals surface area contributed by atoms with Gasteiger partial charge in [0.25, 0.3) is 0 Å². The lowest BCUT2D eigenvalue weighted by atomic mass is 10.1. The van der Waals surface area contributed by atoms with Crippen LogP contribution in [0.5, 0.6) is 0 Å². The molecule has 1 unspecified atom stereocenters. The summed E-state index contributed by atoms with van der Waals surface area (Å²) in [5.41, 5.74) is -2.28. The summed E-state index contributed by atoms with van der Waals surface area (Å²) >= 11 is 0. The Balaban J connectivity index is 3.03. The average Bonchev–Trinajstić information content (AvgIpc) is 2.17. The van der Waals surface area contributed by atoms with E-state index < -0.39 is 27.2 Å². The van der Waals surface area contributed by atoms with Crippen LogP contribution in [0.3, 0.4) is 0 Å². The fourth-order valence-corrected chi connectivity index (χ4v) is 2.74. The third-order valence-corrected chi connectivity index (χ3v) is 3.97. The maximum absolute atomic E-state index is 11.7. The molecule has 1 aromatic rings. The van der Waals surface area contributed by atoms with Crippen molar-refractivity contribution >= 4 is 15.8 Å². The summed E-state index contributed by atoms with van der Waals surface area (Å²) in [6, 6.07) is 7.42. The van der Waals surface area contributed by atoms with Crippen LogP contribution in [-0.2, 0) is 14.6 Å². The van der Waals surface area contributed by atoms with Gasteiger partial charge in [0.05, 0.1) is 10.6 Å². The third kappa shape index (κ3) is 2.80. The molecule has 1 rings (SSSR count). The van der Waals surface area contributed by atoms with E-state index in [1.165, 1.54) is 24.3 Å². The molecule has 5 nitrogen and oxygen atoms in total. The molecule has 0 spiro atoms. The molecule has 88 valence electrons. The van der Waals surface area contributed by atoms with Crippen LogP contribution in [0.2, 0.25) is 0 Å². The number of aliphatic carboxylic acids is 1. The number of carbonyl (C=O) groups is 1. The first kappa shape index (κ1) is 12.7. The number of rotatable bonds is 4. The van der Waals surface area contributed by atoms with Crippen molar-refractivity contribution < 1.29 is 23.4 Å². The van der Waals surface area contributed by atoms with Crippen molar-refractivity contribution in [1.29, 1.82) is 0 Å². The van der Waals surface area contributed by atoms with E-state index in [-0.39, 0.29) is 4.90 Å². The van der Waals surface area contributed by atoms with Gasteiger partial charge in [-0.05, 0) is 19.1 Å². The molecule has 0 aliphatic heterocycles. The highest BCUT2D eigenvalue weighted by atomic mass is 32.2. The van der Waals surface area contributed by atoms with Crippen molar-refractivity contribution in [3.05, 3.63) is 30.3 Å². The van der Waals surface area contributed by atoms with Crippen molar-refractivity contribution in [1.82, 2.24) is 0 Å². The van der Waals surface area contributed by atoms with Gasteiger partial charge in [0.2, 0.25) is 0 Å². The number of benzene rings is 1. The second-order valence-electron chi connectivity index (χ2n) is 3.65. The average molecular weight is 244 g/mol. The molecule has 0 aromatic heterocycles. The molecule has 2 N–H and O–H groups in total. The fourth-order valence-electron chi connectivity index (χ4n) is 1.14. The second kappa shape index (κ2) is 4.23. The van der Waals surface area contributed by atoms with Gasteiger partial charge in [0.1, 0.15) is 0 Å². The summed E-state index contributed by atoms with van der Waals surface area (Å²) < 4.78 is 23.5. The molecular formula is C10H12O5S. The first-order valence-electron chi connectivity index (χ1n) is 4.49. The Morgan fingerprint density at radius 2 is 1.81 bits per heavy atom. The minimum Gasteiger partial charge on any atom is -0.479 e. The SMILES string of the molecule is CC(O)(CS(=O)(=O)c1ccccc1)C(=O)O. The van der Waals surface area contributed by atoms with Crippen LogP contribution in [0.4, 0.5) is 0 Å². The molecule has 0 bridgehead atoms. The molecule has 6 heteroatoms. The predicted octanol–water partition coefficient (Wildman–Crippen LogP) is 0.296. The van der Waals surface area contributed by atoms with Crippen molar-refractivity contribution in [3.8, 4) is 0 Å². The van der Waals surface area contributed by atoms with Crippen LogP contribution in [0.15, 0.2) is 35.2 Å². The van der Waals surface area contributed by atoms with Crippen molar-refractivity contribution in [2.24, 2.45) is 0 Å². The number of hydrogen-bond donors (Lipinski definition) is 2. The number of carboxylic acids is 1. The van der Waals surface area contributed by atoms with Crippen LogP contribution in [0.25, 0.3) is 0 Å². The van der Waals surface area contributed by atoms with Crippen LogP contribution in [-0.4, -0.2) is 36.0 Å². The van der Waals surface area contributed by atoms with E-state index in [0.29, 0.717) is 0 Å². The van der Waals surface area contributed by atoms with Crippen molar-refractivity contribution in [2.45, 2.75) is 17.4 Å². The van der Waals surface area contributed by atoms with Gasteiger partial charge >= 0.3 is 5.97 Å². The van der Waals surface area contributed by atoms with Crippen LogP contribution >= 0.6 is 0 Å². The highest BCUT2D eigenvalue weighted by Crippen LogP contribution is 2.16. The Kier molecular flexibility index (Phi) is 3.35.